The minimum absolute atomic E-state index is 0.138. The maximum atomic E-state index is 6.28. The summed E-state index contributed by atoms with van der Waals surface area (Å²) >= 11 is 3.52. The van der Waals surface area contributed by atoms with Gasteiger partial charge in [0.2, 0.25) is 0 Å². The van der Waals surface area contributed by atoms with Crippen molar-refractivity contribution in [2.75, 3.05) is 20.3 Å². The van der Waals surface area contributed by atoms with Gasteiger partial charge in [-0.15, -0.1) is 0 Å². The number of benzene rings is 2. The number of rotatable bonds is 6. The zero-order valence-electron chi connectivity index (χ0n) is 11.4. The van der Waals surface area contributed by atoms with E-state index in [9.17, 15) is 0 Å². The van der Waals surface area contributed by atoms with Crippen LogP contribution in [0.4, 0.5) is 0 Å². The lowest BCUT2D eigenvalue weighted by Gasteiger charge is -2.15. The topological polar surface area (TPSA) is 44.5 Å². The third-order valence-corrected chi connectivity index (χ3v) is 3.64. The second-order valence-electron chi connectivity index (χ2n) is 4.42. The molecule has 4 heteroatoms. The molecule has 0 aromatic heterocycles. The molecule has 106 valence electrons. The number of ether oxygens (including phenoxy) is 2. The third kappa shape index (κ3) is 3.82. The maximum Gasteiger partial charge on any atom is 0.133 e. The largest absolute Gasteiger partial charge is 0.490 e. The molecule has 0 radical (unpaired) electrons. The fourth-order valence-corrected chi connectivity index (χ4v) is 2.43. The highest BCUT2D eigenvalue weighted by molar-refractivity contribution is 9.10. The SMILES string of the molecule is COCCOc1ccc(C(N)c2ccccc2)cc1Br. The first kappa shape index (κ1) is 15.0. The van der Waals surface area contributed by atoms with Gasteiger partial charge >= 0.3 is 0 Å². The average Bonchev–Trinajstić information content (AvgIpc) is 2.49. The van der Waals surface area contributed by atoms with Gasteiger partial charge in [0, 0.05) is 7.11 Å². The third-order valence-electron chi connectivity index (χ3n) is 3.02. The Morgan fingerprint density at radius 2 is 1.80 bits per heavy atom. The molecule has 0 fully saturated rings. The van der Waals surface area contributed by atoms with Gasteiger partial charge in [0.15, 0.2) is 0 Å². The molecule has 20 heavy (non-hydrogen) atoms. The molecular weight excluding hydrogens is 318 g/mol. The van der Waals surface area contributed by atoms with Crippen LogP contribution in [0.5, 0.6) is 5.75 Å². The standard InChI is InChI=1S/C16H18BrNO2/c1-19-9-10-20-15-8-7-13(11-14(15)17)16(18)12-5-3-2-4-6-12/h2-8,11,16H,9-10,18H2,1H3. The first-order valence-corrected chi connectivity index (χ1v) is 7.23. The fraction of sp³-hybridized carbons (Fsp3) is 0.250. The van der Waals surface area contributed by atoms with E-state index in [0.717, 1.165) is 21.3 Å². The van der Waals surface area contributed by atoms with Crippen LogP contribution in [0.2, 0.25) is 0 Å². The van der Waals surface area contributed by atoms with Gasteiger partial charge in [-0.3, -0.25) is 0 Å². The van der Waals surface area contributed by atoms with Crippen LogP contribution in [0.3, 0.4) is 0 Å². The number of hydrogen-bond acceptors (Lipinski definition) is 3. The van der Waals surface area contributed by atoms with Gasteiger partial charge in [-0.25, -0.2) is 0 Å². The Balaban J connectivity index is 2.12. The lowest BCUT2D eigenvalue weighted by Crippen LogP contribution is -2.12. The van der Waals surface area contributed by atoms with Gasteiger partial charge in [0.25, 0.3) is 0 Å². The van der Waals surface area contributed by atoms with E-state index in [2.05, 4.69) is 15.9 Å². The van der Waals surface area contributed by atoms with E-state index < -0.39 is 0 Å². The van der Waals surface area contributed by atoms with Crippen LogP contribution in [-0.4, -0.2) is 20.3 Å². The van der Waals surface area contributed by atoms with E-state index >= 15 is 0 Å². The molecular formula is C16H18BrNO2. The molecule has 0 bridgehead atoms. The molecule has 2 N–H and O–H groups in total. The van der Waals surface area contributed by atoms with Crippen LogP contribution in [0.1, 0.15) is 17.2 Å². The highest BCUT2D eigenvalue weighted by atomic mass is 79.9. The zero-order valence-corrected chi connectivity index (χ0v) is 13.0. The number of hydrogen-bond donors (Lipinski definition) is 1. The number of nitrogens with two attached hydrogens (primary N) is 1. The van der Waals surface area contributed by atoms with Crippen LogP contribution in [0, 0.1) is 0 Å². The lowest BCUT2D eigenvalue weighted by atomic mass is 10.00. The summed E-state index contributed by atoms with van der Waals surface area (Å²) in [7, 11) is 1.65. The van der Waals surface area contributed by atoms with Crippen LogP contribution in [-0.2, 0) is 4.74 Å². The van der Waals surface area contributed by atoms with Crippen molar-refractivity contribution in [3.05, 3.63) is 64.1 Å². The summed E-state index contributed by atoms with van der Waals surface area (Å²) in [5.41, 5.74) is 8.41. The molecule has 0 spiro atoms. The predicted molar refractivity (Wildman–Crippen MR) is 84.0 cm³/mol. The van der Waals surface area contributed by atoms with Gasteiger partial charge in [-0.05, 0) is 39.2 Å². The van der Waals surface area contributed by atoms with E-state index in [1.54, 1.807) is 7.11 Å². The summed E-state index contributed by atoms with van der Waals surface area (Å²) < 4.78 is 11.5. The zero-order chi connectivity index (χ0) is 14.4. The number of halogens is 1. The smallest absolute Gasteiger partial charge is 0.133 e. The minimum Gasteiger partial charge on any atom is -0.490 e. The molecule has 2 rings (SSSR count). The van der Waals surface area contributed by atoms with Crippen molar-refractivity contribution in [1.29, 1.82) is 0 Å². The second-order valence-corrected chi connectivity index (χ2v) is 5.27. The minimum atomic E-state index is -0.138. The Hall–Kier alpha value is -1.36. The molecule has 1 atom stereocenters. The van der Waals surface area contributed by atoms with Crippen molar-refractivity contribution in [2.45, 2.75) is 6.04 Å². The monoisotopic (exact) mass is 335 g/mol. The fourth-order valence-electron chi connectivity index (χ4n) is 1.92. The van der Waals surface area contributed by atoms with Gasteiger partial charge in [0.1, 0.15) is 12.4 Å². The Morgan fingerprint density at radius 3 is 2.45 bits per heavy atom. The molecule has 0 amide bonds. The summed E-state index contributed by atoms with van der Waals surface area (Å²) in [5.74, 6) is 0.797. The molecule has 2 aromatic rings. The molecule has 3 nitrogen and oxygen atoms in total. The van der Waals surface area contributed by atoms with E-state index in [0.29, 0.717) is 13.2 Å². The predicted octanol–water partition coefficient (Wildman–Crippen LogP) is 3.52. The van der Waals surface area contributed by atoms with Gasteiger partial charge in [-0.1, -0.05) is 36.4 Å². The van der Waals surface area contributed by atoms with Crippen LogP contribution < -0.4 is 10.5 Å². The Morgan fingerprint density at radius 1 is 1.05 bits per heavy atom. The molecule has 1 unspecified atom stereocenters. The number of methoxy groups -OCH3 is 1. The quantitative estimate of drug-likeness (QED) is 0.821. The van der Waals surface area contributed by atoms with Crippen molar-refractivity contribution in [2.24, 2.45) is 5.73 Å². The summed E-state index contributed by atoms with van der Waals surface area (Å²) in [6.45, 7) is 1.09. The maximum absolute atomic E-state index is 6.28. The molecule has 0 aliphatic rings. The van der Waals surface area contributed by atoms with Crippen LogP contribution in [0.25, 0.3) is 0 Å². The summed E-state index contributed by atoms with van der Waals surface area (Å²) in [5, 5.41) is 0. The van der Waals surface area contributed by atoms with E-state index in [1.807, 2.05) is 48.5 Å². The van der Waals surface area contributed by atoms with E-state index in [-0.39, 0.29) is 6.04 Å². The summed E-state index contributed by atoms with van der Waals surface area (Å²) in [6.07, 6.45) is 0. The van der Waals surface area contributed by atoms with E-state index in [1.165, 1.54) is 0 Å². The van der Waals surface area contributed by atoms with Gasteiger partial charge < -0.3 is 15.2 Å². The van der Waals surface area contributed by atoms with Crippen molar-refractivity contribution < 1.29 is 9.47 Å². The van der Waals surface area contributed by atoms with Crippen molar-refractivity contribution in [1.82, 2.24) is 0 Å². The normalized spacial score (nSPS) is 12.2. The Bertz CT molecular complexity index is 545. The lowest BCUT2D eigenvalue weighted by molar-refractivity contribution is 0.146. The highest BCUT2D eigenvalue weighted by Crippen LogP contribution is 2.29. The Kier molecular flexibility index (Phi) is 5.59. The average molecular weight is 336 g/mol. The molecule has 0 aliphatic heterocycles. The van der Waals surface area contributed by atoms with Crippen molar-refractivity contribution in [3.8, 4) is 5.75 Å². The first-order valence-electron chi connectivity index (χ1n) is 6.44. The summed E-state index contributed by atoms with van der Waals surface area (Å²) in [6, 6.07) is 15.8. The van der Waals surface area contributed by atoms with Gasteiger partial charge in [0.05, 0.1) is 17.1 Å². The molecule has 0 saturated carbocycles. The van der Waals surface area contributed by atoms with Crippen molar-refractivity contribution in [3.63, 3.8) is 0 Å². The highest BCUT2D eigenvalue weighted by Gasteiger charge is 2.11. The van der Waals surface area contributed by atoms with Crippen LogP contribution in [0.15, 0.2) is 53.0 Å². The van der Waals surface area contributed by atoms with Gasteiger partial charge in [-0.2, -0.15) is 0 Å². The van der Waals surface area contributed by atoms with Crippen LogP contribution >= 0.6 is 15.9 Å². The second kappa shape index (κ2) is 7.43. The first-order chi connectivity index (χ1) is 9.72. The molecule has 0 heterocycles. The Labute approximate surface area is 127 Å². The molecule has 0 saturated heterocycles. The van der Waals surface area contributed by atoms with E-state index in [4.69, 9.17) is 15.2 Å². The molecule has 2 aromatic carbocycles. The summed E-state index contributed by atoms with van der Waals surface area (Å²) in [4.78, 5) is 0. The van der Waals surface area contributed by atoms with Crippen molar-refractivity contribution >= 4 is 15.9 Å². The molecule has 0 aliphatic carbocycles.